The van der Waals surface area contributed by atoms with Crippen molar-refractivity contribution >= 4 is 38.9 Å². The quantitative estimate of drug-likeness (QED) is 0.316. The Bertz CT molecular complexity index is 1410. The van der Waals surface area contributed by atoms with E-state index >= 15 is 0 Å². The van der Waals surface area contributed by atoms with E-state index < -0.39 is 10.0 Å². The van der Waals surface area contributed by atoms with Crippen LogP contribution in [-0.4, -0.2) is 81.4 Å². The van der Waals surface area contributed by atoms with Gasteiger partial charge in [-0.25, -0.2) is 8.42 Å². The van der Waals surface area contributed by atoms with Gasteiger partial charge in [0.1, 0.15) is 6.61 Å². The Morgan fingerprint density at radius 1 is 1.05 bits per heavy atom. The van der Waals surface area contributed by atoms with Crippen molar-refractivity contribution in [2.75, 3.05) is 53.0 Å². The molecular weight excluding hydrogens is 570 g/mol. The largest absolute Gasteiger partial charge is 0.493 e. The number of hydrogen-bond acceptors (Lipinski definition) is 7. The first-order chi connectivity index (χ1) is 19.4. The number of ether oxygens (including phenoxy) is 2. The number of nitrogens with zero attached hydrogens (tertiary/aromatic N) is 3. The maximum absolute atomic E-state index is 13.9. The van der Waals surface area contributed by atoms with Crippen LogP contribution in [0.15, 0.2) is 64.9 Å². The van der Waals surface area contributed by atoms with Gasteiger partial charge in [-0.2, -0.15) is 4.31 Å². The summed E-state index contributed by atoms with van der Waals surface area (Å²) in [6.07, 6.45) is 2.93. The van der Waals surface area contributed by atoms with Gasteiger partial charge in [-0.3, -0.25) is 4.79 Å². The number of carbonyl (C=O) groups excluding carboxylic acids is 1. The second-order valence-electron chi connectivity index (χ2n) is 9.96. The van der Waals surface area contributed by atoms with Crippen LogP contribution in [0, 0.1) is 0 Å². The fraction of sp³-hybridized carbons (Fsp3) is 0.414. The molecule has 1 fully saturated rings. The molecule has 214 valence electrons. The number of thiophene rings is 1. The van der Waals surface area contributed by atoms with E-state index in [1.54, 1.807) is 35.5 Å². The molecule has 2 aromatic carbocycles. The van der Waals surface area contributed by atoms with E-state index in [1.165, 1.54) is 21.3 Å². The van der Waals surface area contributed by atoms with Crippen molar-refractivity contribution in [2.24, 2.45) is 0 Å². The third-order valence-electron chi connectivity index (χ3n) is 7.51. The maximum atomic E-state index is 13.9. The van der Waals surface area contributed by atoms with Crippen LogP contribution in [0.5, 0.6) is 11.5 Å². The van der Waals surface area contributed by atoms with E-state index in [4.69, 9.17) is 21.1 Å². The molecule has 1 amide bonds. The summed E-state index contributed by atoms with van der Waals surface area (Å²) in [5.74, 6) is 0.964. The second kappa shape index (κ2) is 12.9. The molecule has 40 heavy (non-hydrogen) atoms. The minimum absolute atomic E-state index is 0.126. The highest BCUT2D eigenvalue weighted by Gasteiger charge is 2.35. The average molecular weight is 604 g/mol. The SMILES string of the molecule is COc1ccccc1OCC1c2ccsc2CCN1C(=O)CN(CCN1CCCC1)S(=O)(=O)c1ccc(Cl)cc1. The van der Waals surface area contributed by atoms with Crippen LogP contribution in [0.2, 0.25) is 5.02 Å². The fourth-order valence-electron chi connectivity index (χ4n) is 5.32. The number of hydrogen-bond donors (Lipinski definition) is 0. The maximum Gasteiger partial charge on any atom is 0.243 e. The number of para-hydroxylation sites is 2. The number of likely N-dealkylation sites (tertiary alicyclic amines) is 1. The minimum Gasteiger partial charge on any atom is -0.493 e. The number of sulfonamides is 1. The summed E-state index contributed by atoms with van der Waals surface area (Å²) < 4.78 is 40.4. The van der Waals surface area contributed by atoms with E-state index in [0.29, 0.717) is 29.6 Å². The van der Waals surface area contributed by atoms with Gasteiger partial charge in [-0.1, -0.05) is 23.7 Å². The Kier molecular flexibility index (Phi) is 9.32. The predicted octanol–water partition coefficient (Wildman–Crippen LogP) is 4.70. The lowest BCUT2D eigenvalue weighted by molar-refractivity contribution is -0.135. The zero-order valence-corrected chi connectivity index (χ0v) is 24.9. The summed E-state index contributed by atoms with van der Waals surface area (Å²) in [7, 11) is -2.33. The molecule has 5 rings (SSSR count). The van der Waals surface area contributed by atoms with Crippen molar-refractivity contribution in [1.29, 1.82) is 0 Å². The Morgan fingerprint density at radius 2 is 1.77 bits per heavy atom. The molecule has 1 atom stereocenters. The first kappa shape index (κ1) is 28.9. The van der Waals surface area contributed by atoms with Gasteiger partial charge >= 0.3 is 0 Å². The minimum atomic E-state index is -3.92. The molecule has 0 saturated carbocycles. The molecule has 0 radical (unpaired) electrons. The van der Waals surface area contributed by atoms with Crippen LogP contribution >= 0.6 is 22.9 Å². The first-order valence-electron chi connectivity index (χ1n) is 13.5. The lowest BCUT2D eigenvalue weighted by Crippen LogP contribution is -2.49. The number of fused-ring (bicyclic) bond motifs is 1. The molecule has 0 aliphatic carbocycles. The van der Waals surface area contributed by atoms with Crippen molar-refractivity contribution < 1.29 is 22.7 Å². The lowest BCUT2D eigenvalue weighted by atomic mass is 10.0. The molecule has 8 nitrogen and oxygen atoms in total. The van der Waals surface area contributed by atoms with Gasteiger partial charge in [0, 0.05) is 29.5 Å². The molecule has 0 N–H and O–H groups in total. The number of halogens is 1. The van der Waals surface area contributed by atoms with Crippen LogP contribution in [0.4, 0.5) is 0 Å². The molecular formula is C29H34ClN3O5S2. The number of amides is 1. The average Bonchev–Trinajstić information content (AvgIpc) is 3.66. The predicted molar refractivity (Wildman–Crippen MR) is 157 cm³/mol. The van der Waals surface area contributed by atoms with Gasteiger partial charge in [0.25, 0.3) is 0 Å². The molecule has 3 heterocycles. The van der Waals surface area contributed by atoms with Gasteiger partial charge in [-0.05, 0) is 85.8 Å². The second-order valence-corrected chi connectivity index (χ2v) is 13.3. The third kappa shape index (κ3) is 6.47. The van der Waals surface area contributed by atoms with Gasteiger partial charge in [0.2, 0.25) is 15.9 Å². The molecule has 2 aliphatic rings. The molecule has 11 heteroatoms. The topological polar surface area (TPSA) is 79.4 Å². The summed E-state index contributed by atoms with van der Waals surface area (Å²) in [6.45, 7) is 3.17. The fourth-order valence-corrected chi connectivity index (χ4v) is 7.76. The number of methoxy groups -OCH3 is 1. The van der Waals surface area contributed by atoms with Crippen molar-refractivity contribution in [1.82, 2.24) is 14.1 Å². The molecule has 0 bridgehead atoms. The highest BCUT2D eigenvalue weighted by atomic mass is 35.5. The number of carbonyl (C=O) groups is 1. The van der Waals surface area contributed by atoms with Gasteiger partial charge in [0.15, 0.2) is 11.5 Å². The summed E-state index contributed by atoms with van der Waals surface area (Å²) in [5.41, 5.74) is 1.05. The zero-order chi connectivity index (χ0) is 28.1. The Morgan fingerprint density at radius 3 is 2.50 bits per heavy atom. The molecule has 2 aliphatic heterocycles. The molecule has 0 spiro atoms. The Balaban J connectivity index is 1.38. The number of rotatable bonds is 11. The summed E-state index contributed by atoms with van der Waals surface area (Å²) in [6, 6.07) is 15.2. The van der Waals surface area contributed by atoms with Crippen molar-refractivity contribution in [3.63, 3.8) is 0 Å². The lowest BCUT2D eigenvalue weighted by Gasteiger charge is -2.37. The van der Waals surface area contributed by atoms with Crippen LogP contribution in [0.3, 0.4) is 0 Å². The Labute approximate surface area is 245 Å². The van der Waals surface area contributed by atoms with E-state index in [1.807, 2.05) is 35.7 Å². The van der Waals surface area contributed by atoms with Crippen LogP contribution in [0.1, 0.15) is 29.3 Å². The molecule has 1 saturated heterocycles. The van der Waals surface area contributed by atoms with Gasteiger partial charge in [0.05, 0.1) is 24.6 Å². The first-order valence-corrected chi connectivity index (χ1v) is 16.2. The van der Waals surface area contributed by atoms with Crippen LogP contribution < -0.4 is 9.47 Å². The summed E-state index contributed by atoms with van der Waals surface area (Å²) in [5, 5.41) is 2.48. The normalized spacial score (nSPS) is 17.7. The summed E-state index contributed by atoms with van der Waals surface area (Å²) >= 11 is 7.69. The van der Waals surface area contributed by atoms with E-state index in [9.17, 15) is 13.2 Å². The molecule has 3 aromatic rings. The highest BCUT2D eigenvalue weighted by Crippen LogP contribution is 2.35. The van der Waals surface area contributed by atoms with E-state index in [0.717, 1.165) is 37.9 Å². The smallest absolute Gasteiger partial charge is 0.243 e. The van der Waals surface area contributed by atoms with Crippen molar-refractivity contribution in [3.05, 3.63) is 75.4 Å². The van der Waals surface area contributed by atoms with Crippen LogP contribution in [-0.2, 0) is 21.2 Å². The monoisotopic (exact) mass is 603 g/mol. The molecule has 1 unspecified atom stereocenters. The van der Waals surface area contributed by atoms with E-state index in [-0.39, 0.29) is 36.5 Å². The highest BCUT2D eigenvalue weighted by molar-refractivity contribution is 7.89. The van der Waals surface area contributed by atoms with Gasteiger partial charge < -0.3 is 19.3 Å². The third-order valence-corrected chi connectivity index (χ3v) is 10.6. The Hall–Kier alpha value is -2.63. The van der Waals surface area contributed by atoms with Gasteiger partial charge in [-0.15, -0.1) is 11.3 Å². The van der Waals surface area contributed by atoms with Crippen LogP contribution in [0.25, 0.3) is 0 Å². The summed E-state index contributed by atoms with van der Waals surface area (Å²) in [4.78, 5) is 19.3. The van der Waals surface area contributed by atoms with Crippen molar-refractivity contribution in [3.8, 4) is 11.5 Å². The number of benzene rings is 2. The van der Waals surface area contributed by atoms with E-state index in [2.05, 4.69) is 4.90 Å². The molecule has 1 aromatic heterocycles. The zero-order valence-electron chi connectivity index (χ0n) is 22.5. The standard InChI is InChI=1S/C29H34ClN3O5S2/c1-37-26-6-2-3-7-27(26)38-21-25-24-13-19-39-28(24)12-16-33(25)29(34)20-32(18-17-31-14-4-5-15-31)40(35,36)23-10-8-22(30)9-11-23/h2-3,6-11,13,19,25H,4-5,12,14-18,20-21H2,1H3. The van der Waals surface area contributed by atoms with Crippen molar-refractivity contribution in [2.45, 2.75) is 30.2 Å².